The third-order valence-corrected chi connectivity index (χ3v) is 3.04. The number of hydrogen-bond donors (Lipinski definition) is 0. The van der Waals surface area contributed by atoms with E-state index in [9.17, 15) is 9.18 Å². The smallest absolute Gasteiger partial charge is 0.187 e. The second-order valence-electron chi connectivity index (χ2n) is 3.87. The molecule has 0 fully saturated rings. The average Bonchev–Trinajstić information content (AvgIpc) is 2.37. The van der Waals surface area contributed by atoms with Crippen LogP contribution in [0.3, 0.4) is 0 Å². The standard InChI is InChI=1S/C15H9Cl2FO/c16-11-4-7-13(14(17)9-11)15(19)8-3-10-1-5-12(18)6-2-10/h1-9H. The minimum atomic E-state index is -0.316. The van der Waals surface area contributed by atoms with Gasteiger partial charge in [-0.05, 0) is 42.0 Å². The fourth-order valence-corrected chi connectivity index (χ4v) is 2.03. The summed E-state index contributed by atoms with van der Waals surface area (Å²) in [6.07, 6.45) is 3.00. The third-order valence-electron chi connectivity index (χ3n) is 2.49. The number of halogens is 3. The van der Waals surface area contributed by atoms with Crippen LogP contribution in [0.1, 0.15) is 15.9 Å². The molecule has 0 bridgehead atoms. The van der Waals surface area contributed by atoms with Gasteiger partial charge in [0.15, 0.2) is 5.78 Å². The van der Waals surface area contributed by atoms with Crippen LogP contribution in [0.2, 0.25) is 10.0 Å². The van der Waals surface area contributed by atoms with E-state index >= 15 is 0 Å². The van der Waals surface area contributed by atoms with E-state index in [2.05, 4.69) is 0 Å². The number of benzene rings is 2. The van der Waals surface area contributed by atoms with Crippen LogP contribution in [0.15, 0.2) is 48.5 Å². The molecule has 0 aliphatic carbocycles. The zero-order valence-corrected chi connectivity index (χ0v) is 11.3. The van der Waals surface area contributed by atoms with Crippen molar-refractivity contribution in [1.29, 1.82) is 0 Å². The maximum absolute atomic E-state index is 12.7. The lowest BCUT2D eigenvalue weighted by Gasteiger charge is -2.00. The van der Waals surface area contributed by atoms with Gasteiger partial charge in [-0.3, -0.25) is 4.79 Å². The maximum atomic E-state index is 12.7. The molecule has 0 aliphatic heterocycles. The van der Waals surface area contributed by atoms with Gasteiger partial charge in [-0.2, -0.15) is 0 Å². The van der Waals surface area contributed by atoms with Crippen molar-refractivity contribution in [2.45, 2.75) is 0 Å². The molecule has 0 heterocycles. The van der Waals surface area contributed by atoms with Crippen molar-refractivity contribution in [3.63, 3.8) is 0 Å². The molecule has 19 heavy (non-hydrogen) atoms. The fourth-order valence-electron chi connectivity index (χ4n) is 1.52. The zero-order chi connectivity index (χ0) is 13.8. The quantitative estimate of drug-likeness (QED) is 0.573. The van der Waals surface area contributed by atoms with Gasteiger partial charge in [-0.15, -0.1) is 0 Å². The summed E-state index contributed by atoms with van der Waals surface area (Å²) in [6.45, 7) is 0. The molecule has 4 heteroatoms. The summed E-state index contributed by atoms with van der Waals surface area (Å²) >= 11 is 11.7. The van der Waals surface area contributed by atoms with E-state index < -0.39 is 0 Å². The molecule has 0 saturated carbocycles. The molecule has 0 atom stereocenters. The highest BCUT2D eigenvalue weighted by Gasteiger charge is 2.07. The van der Waals surface area contributed by atoms with Crippen LogP contribution < -0.4 is 0 Å². The van der Waals surface area contributed by atoms with E-state index in [1.54, 1.807) is 30.3 Å². The van der Waals surface area contributed by atoms with Crippen molar-refractivity contribution in [2.24, 2.45) is 0 Å². The van der Waals surface area contributed by atoms with Gasteiger partial charge in [0.25, 0.3) is 0 Å². The zero-order valence-electron chi connectivity index (χ0n) is 9.74. The molecule has 2 rings (SSSR count). The van der Waals surface area contributed by atoms with Crippen LogP contribution in [-0.2, 0) is 0 Å². The van der Waals surface area contributed by atoms with Gasteiger partial charge in [0.1, 0.15) is 5.82 Å². The Morgan fingerprint density at radius 2 is 1.74 bits per heavy atom. The first-order valence-electron chi connectivity index (χ1n) is 5.49. The van der Waals surface area contributed by atoms with E-state index in [-0.39, 0.29) is 11.6 Å². The number of rotatable bonds is 3. The van der Waals surface area contributed by atoms with Crippen LogP contribution in [0, 0.1) is 5.82 Å². The van der Waals surface area contributed by atoms with E-state index in [4.69, 9.17) is 23.2 Å². The maximum Gasteiger partial charge on any atom is 0.187 e. The molecule has 2 aromatic rings. The summed E-state index contributed by atoms with van der Waals surface area (Å²) in [6, 6.07) is 10.5. The Balaban J connectivity index is 2.18. The molecule has 0 radical (unpaired) electrons. The van der Waals surface area contributed by atoms with Gasteiger partial charge in [0, 0.05) is 10.6 Å². The third kappa shape index (κ3) is 3.66. The first-order valence-corrected chi connectivity index (χ1v) is 6.25. The molecule has 0 spiro atoms. The monoisotopic (exact) mass is 294 g/mol. The molecule has 0 N–H and O–H groups in total. The molecule has 96 valence electrons. The van der Waals surface area contributed by atoms with Gasteiger partial charge in [0.05, 0.1) is 5.02 Å². The van der Waals surface area contributed by atoms with E-state index in [0.717, 1.165) is 5.56 Å². The van der Waals surface area contributed by atoms with Gasteiger partial charge in [-0.25, -0.2) is 4.39 Å². The summed E-state index contributed by atoms with van der Waals surface area (Å²) in [5, 5.41) is 0.783. The normalized spacial score (nSPS) is 10.9. The molecular formula is C15H9Cl2FO. The predicted octanol–water partition coefficient (Wildman–Crippen LogP) is 5.03. The highest BCUT2D eigenvalue weighted by atomic mass is 35.5. The number of hydrogen-bond acceptors (Lipinski definition) is 1. The lowest BCUT2D eigenvalue weighted by Crippen LogP contribution is -1.95. The second kappa shape index (κ2) is 6.00. The number of carbonyl (C=O) groups excluding carboxylic acids is 1. The average molecular weight is 295 g/mol. The summed E-state index contributed by atoms with van der Waals surface area (Å²) in [5.41, 5.74) is 1.12. The minimum absolute atomic E-state index is 0.231. The summed E-state index contributed by atoms with van der Waals surface area (Å²) in [5.74, 6) is -0.546. The first-order chi connectivity index (χ1) is 9.06. The molecule has 0 amide bonds. The summed E-state index contributed by atoms with van der Waals surface area (Å²) in [7, 11) is 0. The largest absolute Gasteiger partial charge is 0.289 e. The highest BCUT2D eigenvalue weighted by Crippen LogP contribution is 2.21. The summed E-state index contributed by atoms with van der Waals surface area (Å²) < 4.78 is 12.7. The van der Waals surface area contributed by atoms with E-state index in [0.29, 0.717) is 15.6 Å². The van der Waals surface area contributed by atoms with Crippen LogP contribution in [0.5, 0.6) is 0 Å². The summed E-state index contributed by atoms with van der Waals surface area (Å²) in [4.78, 5) is 11.9. The van der Waals surface area contributed by atoms with Crippen LogP contribution in [-0.4, -0.2) is 5.78 Å². The minimum Gasteiger partial charge on any atom is -0.289 e. The molecule has 1 nitrogen and oxygen atoms in total. The molecular weight excluding hydrogens is 286 g/mol. The van der Waals surface area contributed by atoms with Crippen molar-refractivity contribution in [3.8, 4) is 0 Å². The van der Waals surface area contributed by atoms with Gasteiger partial charge in [0.2, 0.25) is 0 Å². The molecule has 0 unspecified atom stereocenters. The predicted molar refractivity (Wildman–Crippen MR) is 76.2 cm³/mol. The lowest BCUT2D eigenvalue weighted by atomic mass is 10.1. The van der Waals surface area contributed by atoms with Gasteiger partial charge in [-0.1, -0.05) is 41.4 Å². The fraction of sp³-hybridized carbons (Fsp3) is 0. The Labute approximate surface area is 120 Å². The Bertz CT molecular complexity index is 633. The van der Waals surface area contributed by atoms with Crippen LogP contribution in [0.25, 0.3) is 6.08 Å². The van der Waals surface area contributed by atoms with E-state index in [1.807, 2.05) is 0 Å². The SMILES string of the molecule is O=C(C=Cc1ccc(F)cc1)c1ccc(Cl)cc1Cl. The molecule has 2 aromatic carbocycles. The van der Waals surface area contributed by atoms with Gasteiger partial charge < -0.3 is 0 Å². The highest BCUT2D eigenvalue weighted by molar-refractivity contribution is 6.37. The number of ketones is 1. The van der Waals surface area contributed by atoms with E-state index in [1.165, 1.54) is 24.3 Å². The molecule has 0 aliphatic rings. The Kier molecular flexibility index (Phi) is 4.35. The topological polar surface area (TPSA) is 17.1 Å². The van der Waals surface area contributed by atoms with Gasteiger partial charge >= 0.3 is 0 Å². The first kappa shape index (κ1) is 13.8. The molecule has 0 saturated heterocycles. The van der Waals surface area contributed by atoms with Crippen molar-refractivity contribution >= 4 is 35.1 Å². The molecule has 0 aromatic heterocycles. The van der Waals surface area contributed by atoms with Crippen molar-refractivity contribution in [2.75, 3.05) is 0 Å². The van der Waals surface area contributed by atoms with Crippen LogP contribution >= 0.6 is 23.2 Å². The van der Waals surface area contributed by atoms with Crippen LogP contribution in [0.4, 0.5) is 4.39 Å². The Hall–Kier alpha value is -1.64. The van der Waals surface area contributed by atoms with Crippen molar-refractivity contribution < 1.29 is 9.18 Å². The second-order valence-corrected chi connectivity index (χ2v) is 4.72. The lowest BCUT2D eigenvalue weighted by molar-refractivity contribution is 0.104. The Morgan fingerprint density at radius 1 is 1.05 bits per heavy atom. The number of allylic oxidation sites excluding steroid dienone is 1. The number of carbonyl (C=O) groups is 1. The van der Waals surface area contributed by atoms with Crippen molar-refractivity contribution in [3.05, 3.63) is 75.5 Å². The Morgan fingerprint density at radius 3 is 2.37 bits per heavy atom. The van der Waals surface area contributed by atoms with Crippen molar-refractivity contribution in [1.82, 2.24) is 0 Å².